The summed E-state index contributed by atoms with van der Waals surface area (Å²) in [6, 6.07) is 0. The summed E-state index contributed by atoms with van der Waals surface area (Å²) in [4.78, 5) is 0. The molecule has 0 spiro atoms. The summed E-state index contributed by atoms with van der Waals surface area (Å²) >= 11 is 0. The van der Waals surface area contributed by atoms with E-state index in [0.717, 1.165) is 77.0 Å². The van der Waals surface area contributed by atoms with Gasteiger partial charge in [0.1, 0.15) is 0 Å². The van der Waals surface area contributed by atoms with Gasteiger partial charge < -0.3 is 9.66 Å². The predicted octanol–water partition coefficient (Wildman–Crippen LogP) is 3.72. The van der Waals surface area contributed by atoms with Gasteiger partial charge in [-0.25, -0.2) is 8.42 Å². The van der Waals surface area contributed by atoms with E-state index in [0.29, 0.717) is 12.8 Å². The van der Waals surface area contributed by atoms with Gasteiger partial charge in [0, 0.05) is 5.25 Å². The Morgan fingerprint density at radius 3 is 1.28 bits per heavy atom. The van der Waals surface area contributed by atoms with E-state index in [9.17, 15) is 18.1 Å². The average Bonchev–Trinajstić information content (AvgIpc) is 2.64. The summed E-state index contributed by atoms with van der Waals surface area (Å²) in [5.41, 5.74) is 0. The van der Waals surface area contributed by atoms with Crippen LogP contribution in [0.1, 0.15) is 136 Å². The normalized spacial score (nSPS) is 13.8. The van der Waals surface area contributed by atoms with Crippen molar-refractivity contribution in [2.24, 2.45) is 0 Å². The Morgan fingerprint density at radius 2 is 0.931 bits per heavy atom. The molecule has 0 aliphatic heterocycles. The van der Waals surface area contributed by atoms with E-state index in [2.05, 4.69) is 13.8 Å². The molecule has 2 atom stereocenters. The third-order valence-electron chi connectivity index (χ3n) is 5.74. The minimum Gasteiger partial charge on any atom is -0.748 e. The Morgan fingerprint density at radius 1 is 0.621 bits per heavy atom. The molecule has 0 aliphatic rings. The van der Waals surface area contributed by atoms with Crippen LogP contribution in [0, 0.1) is 0 Å². The second kappa shape index (κ2) is 22.7. The Balaban J connectivity index is 0. The van der Waals surface area contributed by atoms with Crippen LogP contribution < -0.4 is 51.4 Å². The molecule has 0 aromatic carbocycles. The molecular formula is C23H47KO4S. The van der Waals surface area contributed by atoms with E-state index in [1.165, 1.54) is 32.1 Å². The molecule has 0 aromatic heterocycles. The molecule has 0 rings (SSSR count). The number of rotatable bonds is 21. The number of unbranched alkanes of at least 4 members (excludes halogenated alkanes) is 12. The fourth-order valence-corrected chi connectivity index (χ4v) is 4.73. The maximum atomic E-state index is 11.4. The molecule has 0 saturated carbocycles. The zero-order chi connectivity index (χ0) is 21.1. The van der Waals surface area contributed by atoms with Gasteiger partial charge in [-0.3, -0.25) is 0 Å². The fourth-order valence-electron chi connectivity index (χ4n) is 3.82. The molecular weight excluding hydrogens is 411 g/mol. The van der Waals surface area contributed by atoms with E-state index >= 15 is 0 Å². The summed E-state index contributed by atoms with van der Waals surface area (Å²) in [7, 11) is -4.15. The minimum atomic E-state index is -4.15. The van der Waals surface area contributed by atoms with Gasteiger partial charge in [0.15, 0.2) is 0 Å². The van der Waals surface area contributed by atoms with Crippen LogP contribution in [0.4, 0.5) is 0 Å². The van der Waals surface area contributed by atoms with E-state index in [-0.39, 0.29) is 57.5 Å². The molecule has 1 N–H and O–H groups in total. The zero-order valence-electron chi connectivity index (χ0n) is 19.7. The first-order valence-corrected chi connectivity index (χ1v) is 13.5. The third-order valence-corrected chi connectivity index (χ3v) is 7.03. The summed E-state index contributed by atoms with van der Waals surface area (Å²) in [5, 5.41) is 9.28. The molecule has 170 valence electrons. The van der Waals surface area contributed by atoms with Gasteiger partial charge in [0.2, 0.25) is 0 Å². The van der Waals surface area contributed by atoms with Crippen molar-refractivity contribution in [2.75, 3.05) is 0 Å². The Labute approximate surface area is 224 Å². The number of aliphatic hydroxyl groups is 1. The second-order valence-electron chi connectivity index (χ2n) is 8.52. The van der Waals surface area contributed by atoms with Crippen molar-refractivity contribution < 1.29 is 69.5 Å². The summed E-state index contributed by atoms with van der Waals surface area (Å²) in [6.07, 6.45) is 19.4. The average molecular weight is 459 g/mol. The van der Waals surface area contributed by atoms with Crippen molar-refractivity contribution in [3.63, 3.8) is 0 Å². The first-order valence-electron chi connectivity index (χ1n) is 12.0. The van der Waals surface area contributed by atoms with Gasteiger partial charge in [0.05, 0.1) is 16.2 Å². The Hall–Kier alpha value is 1.51. The van der Waals surface area contributed by atoms with Gasteiger partial charge in [0.25, 0.3) is 0 Å². The summed E-state index contributed by atoms with van der Waals surface area (Å²) < 4.78 is 34.2. The molecule has 0 bridgehead atoms. The van der Waals surface area contributed by atoms with E-state index in [4.69, 9.17) is 0 Å². The van der Waals surface area contributed by atoms with Crippen LogP contribution in [-0.4, -0.2) is 29.4 Å². The number of hydrogen-bond acceptors (Lipinski definition) is 4. The standard InChI is InChI=1S/C23H48O4S.K/c1-3-5-7-14-18-22(24)19-15-12-10-9-11-13-17-21-23(28(25,26)27)20-16-8-6-4-2;/h22-24H,3-21H2,1-2H3,(H,25,26,27);/q;+1/p-1. The van der Waals surface area contributed by atoms with Crippen LogP contribution in [0.2, 0.25) is 0 Å². The van der Waals surface area contributed by atoms with Crippen molar-refractivity contribution in [1.82, 2.24) is 0 Å². The van der Waals surface area contributed by atoms with E-state index in [1.807, 2.05) is 0 Å². The van der Waals surface area contributed by atoms with Gasteiger partial charge in [-0.05, 0) is 25.7 Å². The minimum absolute atomic E-state index is 0. The first kappa shape index (κ1) is 32.7. The quantitative estimate of drug-likeness (QED) is 0.162. The van der Waals surface area contributed by atoms with Crippen molar-refractivity contribution in [3.05, 3.63) is 0 Å². The van der Waals surface area contributed by atoms with Gasteiger partial charge in [-0.2, -0.15) is 0 Å². The zero-order valence-corrected chi connectivity index (χ0v) is 23.6. The topological polar surface area (TPSA) is 77.4 Å². The number of hydrogen-bond donors (Lipinski definition) is 1. The van der Waals surface area contributed by atoms with Crippen molar-refractivity contribution in [1.29, 1.82) is 0 Å². The fraction of sp³-hybridized carbons (Fsp3) is 1.00. The molecule has 0 aromatic rings. The largest absolute Gasteiger partial charge is 1.00 e. The van der Waals surface area contributed by atoms with Crippen LogP contribution >= 0.6 is 0 Å². The maximum Gasteiger partial charge on any atom is 1.00 e. The molecule has 0 heterocycles. The van der Waals surface area contributed by atoms with Gasteiger partial charge in [-0.15, -0.1) is 0 Å². The molecule has 0 fully saturated rings. The van der Waals surface area contributed by atoms with Crippen LogP contribution in [0.15, 0.2) is 0 Å². The van der Waals surface area contributed by atoms with Crippen molar-refractivity contribution in [2.45, 2.75) is 147 Å². The predicted molar refractivity (Wildman–Crippen MR) is 119 cm³/mol. The van der Waals surface area contributed by atoms with Gasteiger partial charge in [-0.1, -0.05) is 110 Å². The second-order valence-corrected chi connectivity index (χ2v) is 10.2. The molecule has 0 radical (unpaired) electrons. The Bertz CT molecular complexity index is 429. The first-order chi connectivity index (χ1) is 13.4. The van der Waals surface area contributed by atoms with Crippen LogP contribution in [0.25, 0.3) is 0 Å². The maximum absolute atomic E-state index is 11.4. The number of aliphatic hydroxyl groups excluding tert-OH is 1. The summed E-state index contributed by atoms with van der Waals surface area (Å²) in [5.74, 6) is 0. The molecule has 2 unspecified atom stereocenters. The SMILES string of the molecule is CCCCCCC(O)CCCCCCCCCC(CCCCCC)S(=O)(=O)[O-].[K+]. The molecule has 0 saturated heterocycles. The molecule has 0 aliphatic carbocycles. The monoisotopic (exact) mass is 458 g/mol. The van der Waals surface area contributed by atoms with Crippen LogP contribution in [-0.2, 0) is 10.1 Å². The van der Waals surface area contributed by atoms with E-state index < -0.39 is 15.4 Å². The smallest absolute Gasteiger partial charge is 0.748 e. The van der Waals surface area contributed by atoms with Crippen molar-refractivity contribution in [3.8, 4) is 0 Å². The van der Waals surface area contributed by atoms with Crippen molar-refractivity contribution >= 4 is 10.1 Å². The van der Waals surface area contributed by atoms with Crippen LogP contribution in [0.5, 0.6) is 0 Å². The third kappa shape index (κ3) is 22.5. The molecule has 6 heteroatoms. The molecule has 0 amide bonds. The molecule has 4 nitrogen and oxygen atoms in total. The van der Waals surface area contributed by atoms with E-state index in [1.54, 1.807) is 0 Å². The van der Waals surface area contributed by atoms with Crippen LogP contribution in [0.3, 0.4) is 0 Å². The van der Waals surface area contributed by atoms with Gasteiger partial charge >= 0.3 is 51.4 Å². The summed E-state index contributed by atoms with van der Waals surface area (Å²) in [6.45, 7) is 4.33. The molecule has 29 heavy (non-hydrogen) atoms. The Kier molecular flexibility index (Phi) is 25.6.